The van der Waals surface area contributed by atoms with Crippen molar-refractivity contribution >= 4 is 0 Å². The Balaban J connectivity index is 2.85. The highest BCUT2D eigenvalue weighted by molar-refractivity contribution is 5.42. The molecule has 0 saturated heterocycles. The van der Waals surface area contributed by atoms with Crippen LogP contribution in [0.3, 0.4) is 0 Å². The van der Waals surface area contributed by atoms with Crippen LogP contribution in [-0.2, 0) is 0 Å². The van der Waals surface area contributed by atoms with Gasteiger partial charge in [0.05, 0.1) is 7.11 Å². The number of phenols is 1. The molecule has 0 fully saturated rings. The summed E-state index contributed by atoms with van der Waals surface area (Å²) in [5, 5.41) is 9.50. The summed E-state index contributed by atoms with van der Waals surface area (Å²) < 4.78 is 4.92. The first-order chi connectivity index (χ1) is 6.69. The third kappa shape index (κ3) is 2.37. The summed E-state index contributed by atoms with van der Waals surface area (Å²) in [6.07, 6.45) is 0.700. The van der Waals surface area contributed by atoms with Gasteiger partial charge in [-0.25, -0.2) is 0 Å². The quantitative estimate of drug-likeness (QED) is 0.663. The minimum Gasteiger partial charge on any atom is -0.504 e. The van der Waals surface area contributed by atoms with E-state index in [1.54, 1.807) is 12.1 Å². The van der Waals surface area contributed by atoms with Gasteiger partial charge in [0.25, 0.3) is 0 Å². The summed E-state index contributed by atoms with van der Waals surface area (Å²) in [6.45, 7) is 0.536. The molecule has 0 bridgehead atoms. The topological polar surface area (TPSA) is 81.5 Å². The number of hydrogen-bond donors (Lipinski definition) is 3. The van der Waals surface area contributed by atoms with Gasteiger partial charge in [-0.2, -0.15) is 0 Å². The highest BCUT2D eigenvalue weighted by Gasteiger charge is 2.08. The Kier molecular flexibility index (Phi) is 3.73. The number of phenolic OH excluding ortho intramolecular Hbond substituents is 1. The molecule has 1 aromatic rings. The number of benzene rings is 1. The fourth-order valence-electron chi connectivity index (χ4n) is 1.28. The largest absolute Gasteiger partial charge is 0.504 e. The number of methoxy groups -OCH3 is 1. The van der Waals surface area contributed by atoms with Gasteiger partial charge in [0.1, 0.15) is 0 Å². The lowest BCUT2D eigenvalue weighted by atomic mass is 10.0. The van der Waals surface area contributed by atoms with E-state index in [0.717, 1.165) is 5.56 Å². The highest BCUT2D eigenvalue weighted by atomic mass is 16.5. The van der Waals surface area contributed by atoms with Crippen molar-refractivity contribution in [2.75, 3.05) is 13.7 Å². The Morgan fingerprint density at radius 3 is 2.71 bits per heavy atom. The Hall–Kier alpha value is -1.26. The zero-order valence-corrected chi connectivity index (χ0v) is 8.23. The van der Waals surface area contributed by atoms with E-state index in [1.807, 2.05) is 6.07 Å². The third-order valence-corrected chi connectivity index (χ3v) is 2.11. The standard InChI is InChI=1S/C10H16N2O2/c1-14-10-3-2-7(6-9(10)13)8(12)4-5-11/h2-3,6,8,13H,4-5,11-12H2,1H3/t8-/m1/s1. The van der Waals surface area contributed by atoms with E-state index in [9.17, 15) is 5.11 Å². The fraction of sp³-hybridized carbons (Fsp3) is 0.400. The molecule has 0 amide bonds. The molecule has 1 aromatic carbocycles. The molecule has 5 N–H and O–H groups in total. The van der Waals surface area contributed by atoms with Gasteiger partial charge in [-0.15, -0.1) is 0 Å². The zero-order valence-electron chi connectivity index (χ0n) is 8.23. The van der Waals surface area contributed by atoms with Crippen LogP contribution >= 0.6 is 0 Å². The van der Waals surface area contributed by atoms with Crippen molar-refractivity contribution < 1.29 is 9.84 Å². The van der Waals surface area contributed by atoms with Crippen LogP contribution in [-0.4, -0.2) is 18.8 Å². The summed E-state index contributed by atoms with van der Waals surface area (Å²) in [5.41, 5.74) is 12.1. The second-order valence-electron chi connectivity index (χ2n) is 3.12. The molecule has 1 rings (SSSR count). The molecule has 0 aliphatic rings. The van der Waals surface area contributed by atoms with Gasteiger partial charge in [0.2, 0.25) is 0 Å². The van der Waals surface area contributed by atoms with E-state index in [0.29, 0.717) is 18.7 Å². The second-order valence-corrected chi connectivity index (χ2v) is 3.12. The number of aromatic hydroxyl groups is 1. The first kappa shape index (κ1) is 10.8. The van der Waals surface area contributed by atoms with E-state index in [4.69, 9.17) is 16.2 Å². The normalized spacial score (nSPS) is 12.5. The van der Waals surface area contributed by atoms with Gasteiger partial charge in [-0.05, 0) is 30.7 Å². The maximum atomic E-state index is 9.50. The van der Waals surface area contributed by atoms with Crippen molar-refractivity contribution in [3.8, 4) is 11.5 Å². The molecule has 0 heterocycles. The first-order valence-corrected chi connectivity index (χ1v) is 4.51. The fourth-order valence-corrected chi connectivity index (χ4v) is 1.28. The summed E-state index contributed by atoms with van der Waals surface area (Å²) in [6, 6.07) is 5.01. The van der Waals surface area contributed by atoms with Crippen LogP contribution in [0.5, 0.6) is 11.5 Å². The van der Waals surface area contributed by atoms with Crippen LogP contribution < -0.4 is 16.2 Å². The van der Waals surface area contributed by atoms with Gasteiger partial charge in [0.15, 0.2) is 11.5 Å². The molecule has 1 atom stereocenters. The maximum Gasteiger partial charge on any atom is 0.160 e. The molecule has 0 saturated carbocycles. The Morgan fingerprint density at radius 1 is 1.50 bits per heavy atom. The zero-order chi connectivity index (χ0) is 10.6. The summed E-state index contributed by atoms with van der Waals surface area (Å²) in [4.78, 5) is 0. The van der Waals surface area contributed by atoms with Crippen LogP contribution in [0.4, 0.5) is 0 Å². The molecule has 78 valence electrons. The summed E-state index contributed by atoms with van der Waals surface area (Å²) in [5.74, 6) is 0.561. The van der Waals surface area contributed by atoms with Crippen LogP contribution in [0.15, 0.2) is 18.2 Å². The molecular formula is C10H16N2O2. The van der Waals surface area contributed by atoms with Crippen LogP contribution in [0.1, 0.15) is 18.0 Å². The van der Waals surface area contributed by atoms with Gasteiger partial charge in [-0.3, -0.25) is 0 Å². The van der Waals surface area contributed by atoms with E-state index >= 15 is 0 Å². The summed E-state index contributed by atoms with van der Waals surface area (Å²) in [7, 11) is 1.51. The Bertz CT molecular complexity index is 302. The molecule has 4 nitrogen and oxygen atoms in total. The SMILES string of the molecule is COc1ccc([C@H](N)CCN)cc1O. The number of hydrogen-bond acceptors (Lipinski definition) is 4. The molecular weight excluding hydrogens is 180 g/mol. The lowest BCUT2D eigenvalue weighted by Crippen LogP contribution is -2.15. The lowest BCUT2D eigenvalue weighted by molar-refractivity contribution is 0.372. The average molecular weight is 196 g/mol. The van der Waals surface area contributed by atoms with Gasteiger partial charge in [-0.1, -0.05) is 6.07 Å². The Labute approximate surface area is 83.5 Å². The molecule has 0 radical (unpaired) electrons. The van der Waals surface area contributed by atoms with Crippen molar-refractivity contribution in [2.24, 2.45) is 11.5 Å². The van der Waals surface area contributed by atoms with Crippen molar-refractivity contribution in [1.82, 2.24) is 0 Å². The van der Waals surface area contributed by atoms with Gasteiger partial charge in [0, 0.05) is 6.04 Å². The minimum atomic E-state index is -0.128. The molecule has 0 spiro atoms. The van der Waals surface area contributed by atoms with Crippen molar-refractivity contribution in [3.63, 3.8) is 0 Å². The minimum absolute atomic E-state index is 0.109. The smallest absolute Gasteiger partial charge is 0.160 e. The van der Waals surface area contributed by atoms with Gasteiger partial charge < -0.3 is 21.3 Å². The molecule has 0 aliphatic heterocycles. The van der Waals surface area contributed by atoms with E-state index in [2.05, 4.69) is 0 Å². The lowest BCUT2D eigenvalue weighted by Gasteiger charge is -2.12. The number of rotatable bonds is 4. The first-order valence-electron chi connectivity index (χ1n) is 4.51. The highest BCUT2D eigenvalue weighted by Crippen LogP contribution is 2.28. The van der Waals surface area contributed by atoms with E-state index in [-0.39, 0.29) is 11.8 Å². The van der Waals surface area contributed by atoms with E-state index < -0.39 is 0 Å². The molecule has 0 unspecified atom stereocenters. The van der Waals surface area contributed by atoms with E-state index in [1.165, 1.54) is 7.11 Å². The van der Waals surface area contributed by atoms with Crippen molar-refractivity contribution in [1.29, 1.82) is 0 Å². The number of nitrogens with two attached hydrogens (primary N) is 2. The second kappa shape index (κ2) is 4.83. The molecule has 14 heavy (non-hydrogen) atoms. The van der Waals surface area contributed by atoms with Crippen LogP contribution in [0, 0.1) is 0 Å². The predicted molar refractivity (Wildman–Crippen MR) is 55.3 cm³/mol. The average Bonchev–Trinajstić information content (AvgIpc) is 2.18. The van der Waals surface area contributed by atoms with Gasteiger partial charge >= 0.3 is 0 Å². The Morgan fingerprint density at radius 2 is 2.21 bits per heavy atom. The van der Waals surface area contributed by atoms with Crippen LogP contribution in [0.2, 0.25) is 0 Å². The molecule has 4 heteroatoms. The third-order valence-electron chi connectivity index (χ3n) is 2.11. The monoisotopic (exact) mass is 196 g/mol. The molecule has 0 aromatic heterocycles. The maximum absolute atomic E-state index is 9.50. The van der Waals surface area contributed by atoms with Crippen molar-refractivity contribution in [2.45, 2.75) is 12.5 Å². The number of ether oxygens (including phenoxy) is 1. The van der Waals surface area contributed by atoms with Crippen molar-refractivity contribution in [3.05, 3.63) is 23.8 Å². The van der Waals surface area contributed by atoms with Crippen LogP contribution in [0.25, 0.3) is 0 Å². The summed E-state index contributed by atoms with van der Waals surface area (Å²) >= 11 is 0. The molecule has 0 aliphatic carbocycles. The predicted octanol–water partition coefficient (Wildman–Crippen LogP) is 0.749.